The fraction of sp³-hybridized carbons (Fsp3) is 0.500. The summed E-state index contributed by atoms with van der Waals surface area (Å²) in [5.41, 5.74) is 1.17. The van der Waals surface area contributed by atoms with Crippen LogP contribution in [0.25, 0.3) is 0 Å². The number of nitrogens with zero attached hydrogens (tertiary/aromatic N) is 3. The second-order valence-electron chi connectivity index (χ2n) is 5.63. The minimum Gasteiger partial charge on any atom is -0.336 e. The van der Waals surface area contributed by atoms with E-state index in [0.717, 1.165) is 32.2 Å². The number of carbonyl (C=O) groups is 1. The predicted molar refractivity (Wildman–Crippen MR) is 84.2 cm³/mol. The molecule has 0 unspecified atom stereocenters. The van der Waals surface area contributed by atoms with Crippen molar-refractivity contribution in [2.45, 2.75) is 38.1 Å². The van der Waals surface area contributed by atoms with E-state index in [2.05, 4.69) is 22.6 Å². The van der Waals surface area contributed by atoms with Crippen LogP contribution in [0, 0.1) is 0 Å². The Bertz CT molecular complexity index is 590. The highest BCUT2D eigenvalue weighted by Crippen LogP contribution is 2.32. The first kappa shape index (κ1) is 14.3. The van der Waals surface area contributed by atoms with Crippen molar-refractivity contribution in [2.75, 3.05) is 6.54 Å². The molecule has 5 heteroatoms. The molecule has 112 valence electrons. The Hall–Kier alpha value is -1.62. The van der Waals surface area contributed by atoms with Crippen molar-refractivity contribution in [3.8, 4) is 0 Å². The summed E-state index contributed by atoms with van der Waals surface area (Å²) in [6.45, 7) is 0.886. The lowest BCUT2D eigenvalue weighted by molar-refractivity contribution is -0.132. The minimum absolute atomic E-state index is 0.230. The molecular formula is C16H21N3OS. The largest absolute Gasteiger partial charge is 0.336 e. The fourth-order valence-electron chi connectivity index (χ4n) is 3.04. The van der Waals surface area contributed by atoms with Gasteiger partial charge in [-0.15, -0.1) is 11.3 Å². The normalized spacial score (nSPS) is 18.3. The molecule has 1 aliphatic heterocycles. The molecule has 0 N–H and O–H groups in total. The number of hydrogen-bond acceptors (Lipinski definition) is 3. The van der Waals surface area contributed by atoms with Gasteiger partial charge in [-0.25, -0.2) is 0 Å². The molecule has 0 spiro atoms. The number of hydrogen-bond donors (Lipinski definition) is 0. The van der Waals surface area contributed by atoms with Gasteiger partial charge >= 0.3 is 0 Å². The summed E-state index contributed by atoms with van der Waals surface area (Å²) in [5.74, 6) is 0.290. The van der Waals surface area contributed by atoms with Gasteiger partial charge in [-0.3, -0.25) is 9.48 Å². The fourth-order valence-corrected chi connectivity index (χ4v) is 3.79. The summed E-state index contributed by atoms with van der Waals surface area (Å²) < 4.78 is 1.81. The second kappa shape index (κ2) is 6.43. The Morgan fingerprint density at radius 1 is 1.52 bits per heavy atom. The van der Waals surface area contributed by atoms with Gasteiger partial charge < -0.3 is 4.90 Å². The summed E-state index contributed by atoms with van der Waals surface area (Å²) in [6.07, 6.45) is 8.67. The first-order chi connectivity index (χ1) is 10.2. The van der Waals surface area contributed by atoms with E-state index in [4.69, 9.17) is 0 Å². The van der Waals surface area contributed by atoms with Crippen molar-refractivity contribution >= 4 is 17.2 Å². The molecule has 1 aliphatic rings. The highest BCUT2D eigenvalue weighted by Gasteiger charge is 2.30. The summed E-state index contributed by atoms with van der Waals surface area (Å²) >= 11 is 1.77. The molecule has 3 heterocycles. The monoisotopic (exact) mass is 303 g/mol. The number of likely N-dealkylation sites (tertiary alicyclic amines) is 1. The van der Waals surface area contributed by atoms with Crippen LogP contribution in [0.1, 0.15) is 42.2 Å². The van der Waals surface area contributed by atoms with E-state index in [1.54, 1.807) is 11.3 Å². The summed E-state index contributed by atoms with van der Waals surface area (Å²) in [5, 5.41) is 6.32. The molecule has 2 aromatic rings. The van der Waals surface area contributed by atoms with Gasteiger partial charge in [-0.05, 0) is 37.1 Å². The molecular weight excluding hydrogens is 282 g/mol. The second-order valence-corrected chi connectivity index (χ2v) is 6.66. The third kappa shape index (κ3) is 3.35. The Balaban J connectivity index is 1.55. The predicted octanol–water partition coefficient (Wildman–Crippen LogP) is 3.17. The topological polar surface area (TPSA) is 38.1 Å². The van der Waals surface area contributed by atoms with Crippen molar-refractivity contribution in [1.82, 2.24) is 14.7 Å². The van der Waals surface area contributed by atoms with Crippen LogP contribution in [-0.2, 0) is 18.3 Å². The molecule has 0 bridgehead atoms. The van der Waals surface area contributed by atoms with Gasteiger partial charge in [0, 0.05) is 36.7 Å². The lowest BCUT2D eigenvalue weighted by Gasteiger charge is -2.24. The molecule has 1 amide bonds. The number of aryl methyl sites for hydroxylation is 2. The summed E-state index contributed by atoms with van der Waals surface area (Å²) in [6, 6.07) is 4.44. The Kier molecular flexibility index (Phi) is 4.39. The van der Waals surface area contributed by atoms with Gasteiger partial charge in [0.1, 0.15) is 0 Å². The molecule has 3 rings (SSSR count). The van der Waals surface area contributed by atoms with Gasteiger partial charge in [0.2, 0.25) is 5.91 Å². The van der Waals surface area contributed by atoms with Crippen molar-refractivity contribution in [2.24, 2.45) is 7.05 Å². The van der Waals surface area contributed by atoms with Crippen molar-refractivity contribution in [1.29, 1.82) is 0 Å². The SMILES string of the molecule is Cn1cc([C@@H]2CCCN2C(=O)CCCc2cccs2)cn1. The van der Waals surface area contributed by atoms with E-state index in [1.807, 2.05) is 29.0 Å². The Morgan fingerprint density at radius 3 is 3.14 bits per heavy atom. The van der Waals surface area contributed by atoms with Gasteiger partial charge in [0.15, 0.2) is 0 Å². The third-order valence-electron chi connectivity index (χ3n) is 4.08. The number of rotatable bonds is 5. The molecule has 21 heavy (non-hydrogen) atoms. The van der Waals surface area contributed by atoms with Crippen molar-refractivity contribution in [3.63, 3.8) is 0 Å². The highest BCUT2D eigenvalue weighted by atomic mass is 32.1. The zero-order chi connectivity index (χ0) is 14.7. The minimum atomic E-state index is 0.230. The van der Waals surface area contributed by atoms with Gasteiger partial charge in [0.25, 0.3) is 0 Å². The maximum Gasteiger partial charge on any atom is 0.223 e. The van der Waals surface area contributed by atoms with Crippen LogP contribution in [0.2, 0.25) is 0 Å². The standard InChI is InChI=1S/C16H21N3OS/c1-18-12-13(11-17-18)15-7-3-9-19(15)16(20)8-2-5-14-6-4-10-21-14/h4,6,10-12,15H,2-3,5,7-9H2,1H3/t15-/m0/s1. The van der Waals surface area contributed by atoms with Gasteiger partial charge in [-0.1, -0.05) is 6.07 Å². The lowest BCUT2D eigenvalue weighted by atomic mass is 10.1. The first-order valence-electron chi connectivity index (χ1n) is 7.54. The smallest absolute Gasteiger partial charge is 0.223 e. The van der Waals surface area contributed by atoms with Crippen molar-refractivity contribution in [3.05, 3.63) is 40.3 Å². The van der Waals surface area contributed by atoms with Gasteiger partial charge in [0.05, 0.1) is 12.2 Å². The van der Waals surface area contributed by atoms with Crippen LogP contribution < -0.4 is 0 Å². The van der Waals surface area contributed by atoms with Crippen LogP contribution in [-0.4, -0.2) is 27.1 Å². The molecule has 0 radical (unpaired) electrons. The molecule has 4 nitrogen and oxygen atoms in total. The average Bonchev–Trinajstić information content (AvgIpc) is 3.18. The van der Waals surface area contributed by atoms with Crippen LogP contribution >= 0.6 is 11.3 Å². The Morgan fingerprint density at radius 2 is 2.43 bits per heavy atom. The van der Waals surface area contributed by atoms with Crippen LogP contribution in [0.5, 0.6) is 0 Å². The lowest BCUT2D eigenvalue weighted by Crippen LogP contribution is -2.30. The van der Waals surface area contributed by atoms with Crippen LogP contribution in [0.4, 0.5) is 0 Å². The zero-order valence-corrected chi connectivity index (χ0v) is 13.2. The van der Waals surface area contributed by atoms with E-state index in [9.17, 15) is 4.79 Å². The quantitative estimate of drug-likeness (QED) is 0.851. The third-order valence-corrected chi connectivity index (χ3v) is 5.01. The number of thiophene rings is 1. The molecule has 0 saturated carbocycles. The molecule has 0 aliphatic carbocycles. The van der Waals surface area contributed by atoms with E-state index >= 15 is 0 Å². The zero-order valence-electron chi connectivity index (χ0n) is 12.4. The van der Waals surface area contributed by atoms with E-state index < -0.39 is 0 Å². The number of amides is 1. The molecule has 1 saturated heterocycles. The first-order valence-corrected chi connectivity index (χ1v) is 8.42. The molecule has 1 atom stereocenters. The van der Waals surface area contributed by atoms with E-state index in [0.29, 0.717) is 6.42 Å². The maximum absolute atomic E-state index is 12.5. The van der Waals surface area contributed by atoms with E-state index in [1.165, 1.54) is 10.4 Å². The Labute approximate surface area is 129 Å². The van der Waals surface area contributed by atoms with Crippen molar-refractivity contribution < 1.29 is 4.79 Å². The summed E-state index contributed by atoms with van der Waals surface area (Å²) in [4.78, 5) is 15.9. The summed E-state index contributed by atoms with van der Waals surface area (Å²) in [7, 11) is 1.92. The average molecular weight is 303 g/mol. The molecule has 0 aromatic carbocycles. The van der Waals surface area contributed by atoms with Crippen LogP contribution in [0.3, 0.4) is 0 Å². The molecule has 2 aromatic heterocycles. The van der Waals surface area contributed by atoms with Gasteiger partial charge in [-0.2, -0.15) is 5.10 Å². The number of aromatic nitrogens is 2. The van der Waals surface area contributed by atoms with E-state index in [-0.39, 0.29) is 11.9 Å². The highest BCUT2D eigenvalue weighted by molar-refractivity contribution is 7.09. The maximum atomic E-state index is 12.5. The molecule has 1 fully saturated rings. The number of carbonyl (C=O) groups excluding carboxylic acids is 1. The van der Waals surface area contributed by atoms with Crippen LogP contribution in [0.15, 0.2) is 29.9 Å².